The number of aromatic nitrogens is 1. The van der Waals surface area contributed by atoms with Crippen molar-refractivity contribution in [3.05, 3.63) is 53.2 Å². The van der Waals surface area contributed by atoms with Gasteiger partial charge in [0, 0.05) is 49.0 Å². The number of benzene rings is 1. The minimum atomic E-state index is 0.287. The molecular formula is C23H30ClN3O2. The molecule has 0 saturated carbocycles. The summed E-state index contributed by atoms with van der Waals surface area (Å²) < 4.78 is 11.4. The van der Waals surface area contributed by atoms with Crippen molar-refractivity contribution in [3.63, 3.8) is 0 Å². The zero-order valence-corrected chi connectivity index (χ0v) is 18.0. The maximum Gasteiger partial charge on any atom is 0.132 e. The van der Waals surface area contributed by atoms with E-state index in [1.807, 2.05) is 30.5 Å². The standard InChI is InChI=1S/C23H30ClN3O2/c1-17-15-27(21(16-29-17)13-18-3-5-19(24)6-4-18)20-8-11-26(12-9-20)23-14-22(28-2)7-10-25-23/h3-7,10,14,17,20-21H,8-9,11-13,15-16H2,1-2H3/t17-,21-/m0/s1. The van der Waals surface area contributed by atoms with Gasteiger partial charge in [0.2, 0.25) is 0 Å². The summed E-state index contributed by atoms with van der Waals surface area (Å²) in [6, 6.07) is 13.2. The van der Waals surface area contributed by atoms with Gasteiger partial charge < -0.3 is 14.4 Å². The van der Waals surface area contributed by atoms with Gasteiger partial charge in [0.25, 0.3) is 0 Å². The van der Waals surface area contributed by atoms with E-state index >= 15 is 0 Å². The molecule has 2 aromatic rings. The number of ether oxygens (including phenoxy) is 2. The largest absolute Gasteiger partial charge is 0.497 e. The minimum absolute atomic E-state index is 0.287. The van der Waals surface area contributed by atoms with Gasteiger partial charge in [-0.25, -0.2) is 4.98 Å². The maximum absolute atomic E-state index is 6.05. The molecule has 0 amide bonds. The van der Waals surface area contributed by atoms with E-state index < -0.39 is 0 Å². The lowest BCUT2D eigenvalue weighted by Crippen LogP contribution is -2.56. The molecule has 2 saturated heterocycles. The fourth-order valence-electron chi connectivity index (χ4n) is 4.51. The third-order valence-corrected chi connectivity index (χ3v) is 6.36. The number of halogens is 1. The summed E-state index contributed by atoms with van der Waals surface area (Å²) in [5.41, 5.74) is 1.32. The summed E-state index contributed by atoms with van der Waals surface area (Å²) in [6.45, 7) is 6.01. The Morgan fingerprint density at radius 2 is 1.93 bits per heavy atom. The van der Waals surface area contributed by atoms with Gasteiger partial charge in [0.1, 0.15) is 11.6 Å². The first-order chi connectivity index (χ1) is 14.1. The molecule has 2 aliphatic rings. The van der Waals surface area contributed by atoms with Crippen LogP contribution < -0.4 is 9.64 Å². The van der Waals surface area contributed by atoms with Crippen molar-refractivity contribution in [2.45, 2.75) is 44.4 Å². The first-order valence-electron chi connectivity index (χ1n) is 10.5. The summed E-state index contributed by atoms with van der Waals surface area (Å²) in [5, 5.41) is 0.789. The maximum atomic E-state index is 6.05. The number of morpholine rings is 1. The Labute approximate surface area is 178 Å². The van der Waals surface area contributed by atoms with Crippen LogP contribution in [0.25, 0.3) is 0 Å². The molecule has 5 nitrogen and oxygen atoms in total. The highest BCUT2D eigenvalue weighted by atomic mass is 35.5. The zero-order chi connectivity index (χ0) is 20.2. The second kappa shape index (κ2) is 9.33. The second-order valence-corrected chi connectivity index (χ2v) is 8.53. The molecule has 3 heterocycles. The summed E-state index contributed by atoms with van der Waals surface area (Å²) in [7, 11) is 1.70. The number of methoxy groups -OCH3 is 1. The van der Waals surface area contributed by atoms with E-state index in [0.717, 1.165) is 62.1 Å². The van der Waals surface area contributed by atoms with Gasteiger partial charge in [-0.1, -0.05) is 23.7 Å². The van der Waals surface area contributed by atoms with E-state index in [-0.39, 0.29) is 6.10 Å². The lowest BCUT2D eigenvalue weighted by molar-refractivity contribution is -0.0745. The van der Waals surface area contributed by atoms with Crippen molar-refractivity contribution in [2.75, 3.05) is 38.3 Å². The highest BCUT2D eigenvalue weighted by Crippen LogP contribution is 2.28. The van der Waals surface area contributed by atoms with Crippen LogP contribution in [-0.4, -0.2) is 61.4 Å². The molecule has 0 radical (unpaired) electrons. The summed E-state index contributed by atoms with van der Waals surface area (Å²) in [4.78, 5) is 9.61. The van der Waals surface area contributed by atoms with Crippen LogP contribution in [0.1, 0.15) is 25.3 Å². The van der Waals surface area contributed by atoms with Crippen molar-refractivity contribution in [3.8, 4) is 5.75 Å². The molecule has 29 heavy (non-hydrogen) atoms. The Bertz CT molecular complexity index is 793. The lowest BCUT2D eigenvalue weighted by atomic mass is 9.96. The average molecular weight is 416 g/mol. The normalized spacial score (nSPS) is 23.9. The topological polar surface area (TPSA) is 37.8 Å². The fraction of sp³-hybridized carbons (Fsp3) is 0.522. The van der Waals surface area contributed by atoms with E-state index in [2.05, 4.69) is 33.8 Å². The molecule has 0 N–H and O–H groups in total. The molecule has 0 spiro atoms. The summed E-state index contributed by atoms with van der Waals surface area (Å²) in [5.74, 6) is 1.87. The van der Waals surface area contributed by atoms with Crippen LogP contribution in [0.3, 0.4) is 0 Å². The molecule has 0 unspecified atom stereocenters. The quantitative estimate of drug-likeness (QED) is 0.736. The minimum Gasteiger partial charge on any atom is -0.497 e. The zero-order valence-electron chi connectivity index (χ0n) is 17.3. The Morgan fingerprint density at radius 3 is 2.66 bits per heavy atom. The lowest BCUT2D eigenvalue weighted by Gasteiger charge is -2.46. The molecule has 2 fully saturated rings. The van der Waals surface area contributed by atoms with E-state index in [4.69, 9.17) is 21.1 Å². The predicted molar refractivity (Wildman–Crippen MR) is 117 cm³/mol. The fourth-order valence-corrected chi connectivity index (χ4v) is 4.64. The van der Waals surface area contributed by atoms with Crippen LogP contribution >= 0.6 is 11.6 Å². The van der Waals surface area contributed by atoms with E-state index in [9.17, 15) is 0 Å². The number of rotatable bonds is 5. The number of hydrogen-bond acceptors (Lipinski definition) is 5. The van der Waals surface area contributed by atoms with Crippen LogP contribution in [-0.2, 0) is 11.2 Å². The molecule has 2 atom stereocenters. The third-order valence-electron chi connectivity index (χ3n) is 6.10. The van der Waals surface area contributed by atoms with E-state index in [1.54, 1.807) is 7.11 Å². The average Bonchev–Trinajstić information content (AvgIpc) is 2.76. The number of anilines is 1. The molecule has 2 aliphatic heterocycles. The second-order valence-electron chi connectivity index (χ2n) is 8.10. The number of nitrogens with zero attached hydrogens (tertiary/aromatic N) is 3. The van der Waals surface area contributed by atoms with Crippen LogP contribution in [0.5, 0.6) is 5.75 Å². The molecule has 1 aromatic heterocycles. The monoisotopic (exact) mass is 415 g/mol. The predicted octanol–water partition coefficient (Wildman–Crippen LogP) is 4.04. The highest BCUT2D eigenvalue weighted by Gasteiger charge is 2.34. The van der Waals surface area contributed by atoms with Crippen LogP contribution in [0.15, 0.2) is 42.6 Å². The van der Waals surface area contributed by atoms with Crippen molar-refractivity contribution < 1.29 is 9.47 Å². The van der Waals surface area contributed by atoms with Crippen molar-refractivity contribution in [1.82, 2.24) is 9.88 Å². The van der Waals surface area contributed by atoms with Gasteiger partial charge in [0.15, 0.2) is 0 Å². The van der Waals surface area contributed by atoms with Gasteiger partial charge in [0.05, 0.1) is 19.8 Å². The van der Waals surface area contributed by atoms with Gasteiger partial charge >= 0.3 is 0 Å². The van der Waals surface area contributed by atoms with Gasteiger partial charge in [-0.2, -0.15) is 0 Å². The number of piperidine rings is 1. The Hall–Kier alpha value is -1.82. The molecule has 6 heteroatoms. The van der Waals surface area contributed by atoms with Crippen molar-refractivity contribution in [1.29, 1.82) is 0 Å². The Morgan fingerprint density at radius 1 is 1.17 bits per heavy atom. The van der Waals surface area contributed by atoms with Gasteiger partial charge in [-0.15, -0.1) is 0 Å². The Balaban J connectivity index is 1.41. The summed E-state index contributed by atoms with van der Waals surface area (Å²) in [6.07, 6.45) is 5.40. The molecule has 156 valence electrons. The molecule has 0 bridgehead atoms. The Kier molecular flexibility index (Phi) is 6.58. The number of pyridine rings is 1. The van der Waals surface area contributed by atoms with Crippen LogP contribution in [0, 0.1) is 0 Å². The van der Waals surface area contributed by atoms with Crippen LogP contribution in [0.2, 0.25) is 5.02 Å². The van der Waals surface area contributed by atoms with Crippen molar-refractivity contribution in [2.24, 2.45) is 0 Å². The van der Waals surface area contributed by atoms with E-state index in [0.29, 0.717) is 12.1 Å². The smallest absolute Gasteiger partial charge is 0.132 e. The first-order valence-corrected chi connectivity index (χ1v) is 10.9. The molecule has 4 rings (SSSR count). The highest BCUT2D eigenvalue weighted by molar-refractivity contribution is 6.30. The first kappa shape index (κ1) is 20.5. The third kappa shape index (κ3) is 5.03. The SMILES string of the molecule is COc1ccnc(N2CCC(N3C[C@H](C)OC[C@@H]3Cc3ccc(Cl)cc3)CC2)c1. The van der Waals surface area contributed by atoms with Gasteiger partial charge in [-0.05, 0) is 49.9 Å². The van der Waals surface area contributed by atoms with E-state index in [1.165, 1.54) is 5.56 Å². The van der Waals surface area contributed by atoms with Crippen molar-refractivity contribution >= 4 is 17.4 Å². The van der Waals surface area contributed by atoms with Gasteiger partial charge in [-0.3, -0.25) is 4.90 Å². The summed E-state index contributed by atoms with van der Waals surface area (Å²) >= 11 is 6.05. The molecular weight excluding hydrogens is 386 g/mol. The van der Waals surface area contributed by atoms with Crippen LogP contribution in [0.4, 0.5) is 5.82 Å². The molecule has 0 aliphatic carbocycles. The molecule has 1 aromatic carbocycles. The number of hydrogen-bond donors (Lipinski definition) is 0.